The van der Waals surface area contributed by atoms with E-state index in [1.54, 1.807) is 12.3 Å². The first-order valence-corrected chi connectivity index (χ1v) is 11.7. The number of nitrogens with zero attached hydrogens (tertiary/aromatic N) is 2. The molecule has 2 aromatic carbocycles. The maximum Gasteiger partial charge on any atom is 0.252 e. The molecule has 5 nitrogen and oxygen atoms in total. The molecule has 4 aromatic rings. The standard InChI is InChI=1S/C26H27ClN4O/c27-22-6-3-8-24-25(22)21(17-30-24)18-10-15-31(16-11-18)14-4-12-29-26(32)20-9-13-28-23-7-2-1-5-19(20)23/h1-3,5-9,13,17-18,30H,4,10-12,14-16H2,(H,29,32). The van der Waals surface area contributed by atoms with Crippen molar-refractivity contribution in [2.45, 2.75) is 25.2 Å². The van der Waals surface area contributed by atoms with Gasteiger partial charge in [-0.3, -0.25) is 9.78 Å². The lowest BCUT2D eigenvalue weighted by Crippen LogP contribution is -2.35. The zero-order chi connectivity index (χ0) is 21.9. The van der Waals surface area contributed by atoms with Crippen LogP contribution in [0.4, 0.5) is 0 Å². The predicted octanol–water partition coefficient (Wildman–Crippen LogP) is 5.37. The van der Waals surface area contributed by atoms with E-state index in [0.717, 1.165) is 60.3 Å². The molecule has 1 aliphatic heterocycles. The van der Waals surface area contributed by atoms with E-state index in [2.05, 4.69) is 32.4 Å². The molecule has 5 rings (SSSR count). The molecule has 0 bridgehead atoms. The van der Waals surface area contributed by atoms with Crippen molar-refractivity contribution < 1.29 is 4.79 Å². The highest BCUT2D eigenvalue weighted by Gasteiger charge is 2.23. The summed E-state index contributed by atoms with van der Waals surface area (Å²) in [6.45, 7) is 3.82. The van der Waals surface area contributed by atoms with E-state index in [1.807, 2.05) is 36.4 Å². The number of para-hydroxylation sites is 1. The maximum atomic E-state index is 12.7. The second-order valence-corrected chi connectivity index (χ2v) is 8.91. The molecule has 164 valence electrons. The molecule has 0 spiro atoms. The highest BCUT2D eigenvalue weighted by atomic mass is 35.5. The summed E-state index contributed by atoms with van der Waals surface area (Å²) in [5.41, 5.74) is 4.00. The number of likely N-dealkylation sites (tertiary alicyclic amines) is 1. The number of pyridine rings is 1. The van der Waals surface area contributed by atoms with E-state index in [0.29, 0.717) is 18.0 Å². The number of benzene rings is 2. The topological polar surface area (TPSA) is 61.0 Å². The minimum absolute atomic E-state index is 0.0291. The van der Waals surface area contributed by atoms with Gasteiger partial charge in [-0.05, 0) is 74.6 Å². The van der Waals surface area contributed by atoms with Crippen LogP contribution in [0, 0.1) is 0 Å². The Labute approximate surface area is 192 Å². The first-order valence-electron chi connectivity index (χ1n) is 11.3. The van der Waals surface area contributed by atoms with Gasteiger partial charge in [0.2, 0.25) is 0 Å². The van der Waals surface area contributed by atoms with E-state index in [1.165, 1.54) is 10.9 Å². The quantitative estimate of drug-likeness (QED) is 0.391. The third-order valence-corrected chi connectivity index (χ3v) is 6.86. The zero-order valence-electron chi connectivity index (χ0n) is 18.0. The Morgan fingerprint density at radius 3 is 2.84 bits per heavy atom. The van der Waals surface area contributed by atoms with Gasteiger partial charge in [-0.25, -0.2) is 0 Å². The fourth-order valence-corrected chi connectivity index (χ4v) is 5.13. The summed E-state index contributed by atoms with van der Waals surface area (Å²) in [7, 11) is 0. The second-order valence-electron chi connectivity index (χ2n) is 8.51. The molecule has 3 heterocycles. The van der Waals surface area contributed by atoms with Crippen LogP contribution >= 0.6 is 11.6 Å². The monoisotopic (exact) mass is 446 g/mol. The van der Waals surface area contributed by atoms with E-state index in [-0.39, 0.29) is 5.91 Å². The number of carbonyl (C=O) groups excluding carboxylic acids is 1. The van der Waals surface area contributed by atoms with Crippen LogP contribution in [0.1, 0.15) is 41.1 Å². The number of nitrogens with one attached hydrogen (secondary N) is 2. The average molecular weight is 447 g/mol. The van der Waals surface area contributed by atoms with E-state index in [4.69, 9.17) is 11.6 Å². The molecular formula is C26H27ClN4O. The summed E-state index contributed by atoms with van der Waals surface area (Å²) in [4.78, 5) is 22.9. The number of piperidine rings is 1. The Bertz CT molecular complexity index is 1240. The normalized spacial score (nSPS) is 15.4. The SMILES string of the molecule is O=C(NCCCN1CCC(c2c[nH]c3cccc(Cl)c23)CC1)c1ccnc2ccccc12. The van der Waals surface area contributed by atoms with Gasteiger partial charge in [0.15, 0.2) is 0 Å². The van der Waals surface area contributed by atoms with Gasteiger partial charge < -0.3 is 15.2 Å². The number of amides is 1. The Morgan fingerprint density at radius 2 is 1.97 bits per heavy atom. The van der Waals surface area contributed by atoms with Crippen molar-refractivity contribution in [3.8, 4) is 0 Å². The van der Waals surface area contributed by atoms with Crippen molar-refractivity contribution in [2.75, 3.05) is 26.2 Å². The number of fused-ring (bicyclic) bond motifs is 2. The van der Waals surface area contributed by atoms with Crippen LogP contribution < -0.4 is 5.32 Å². The summed E-state index contributed by atoms with van der Waals surface area (Å²) in [5.74, 6) is 0.512. The molecule has 1 amide bonds. The van der Waals surface area contributed by atoms with Crippen molar-refractivity contribution >= 4 is 39.3 Å². The second kappa shape index (κ2) is 9.31. The van der Waals surface area contributed by atoms with Crippen molar-refractivity contribution in [1.29, 1.82) is 0 Å². The fourth-order valence-electron chi connectivity index (χ4n) is 4.85. The van der Waals surface area contributed by atoms with Gasteiger partial charge in [0.1, 0.15) is 0 Å². The predicted molar refractivity (Wildman–Crippen MR) is 130 cm³/mol. The first kappa shape index (κ1) is 21.0. The lowest BCUT2D eigenvalue weighted by atomic mass is 9.89. The molecule has 0 unspecified atom stereocenters. The van der Waals surface area contributed by atoms with Crippen LogP contribution in [0.2, 0.25) is 5.02 Å². The highest BCUT2D eigenvalue weighted by Crippen LogP contribution is 2.36. The minimum atomic E-state index is -0.0291. The molecule has 2 aromatic heterocycles. The van der Waals surface area contributed by atoms with Crippen LogP contribution in [-0.2, 0) is 0 Å². The van der Waals surface area contributed by atoms with Crippen LogP contribution in [-0.4, -0.2) is 47.0 Å². The van der Waals surface area contributed by atoms with E-state index < -0.39 is 0 Å². The van der Waals surface area contributed by atoms with Crippen molar-refractivity contribution in [3.05, 3.63) is 77.1 Å². The van der Waals surface area contributed by atoms with Crippen LogP contribution in [0.5, 0.6) is 0 Å². The largest absolute Gasteiger partial charge is 0.361 e. The summed E-state index contributed by atoms with van der Waals surface area (Å²) in [6.07, 6.45) is 7.04. The first-order chi connectivity index (χ1) is 15.7. The lowest BCUT2D eigenvalue weighted by Gasteiger charge is -2.32. The molecule has 1 fully saturated rings. The zero-order valence-corrected chi connectivity index (χ0v) is 18.7. The third kappa shape index (κ3) is 4.23. The summed E-state index contributed by atoms with van der Waals surface area (Å²) in [5, 5.41) is 5.98. The molecule has 0 saturated carbocycles. The van der Waals surface area contributed by atoms with Crippen molar-refractivity contribution in [1.82, 2.24) is 20.2 Å². The van der Waals surface area contributed by atoms with Gasteiger partial charge >= 0.3 is 0 Å². The van der Waals surface area contributed by atoms with Crippen LogP contribution in [0.3, 0.4) is 0 Å². The van der Waals surface area contributed by atoms with Crippen molar-refractivity contribution in [2.24, 2.45) is 0 Å². The van der Waals surface area contributed by atoms with Gasteiger partial charge in [0.25, 0.3) is 5.91 Å². The summed E-state index contributed by atoms with van der Waals surface area (Å²) >= 11 is 6.47. The van der Waals surface area contributed by atoms with E-state index >= 15 is 0 Å². The Kier molecular flexibility index (Phi) is 6.10. The van der Waals surface area contributed by atoms with Gasteiger partial charge in [0, 0.05) is 35.2 Å². The number of hydrogen-bond donors (Lipinski definition) is 2. The Balaban J connectivity index is 1.10. The lowest BCUT2D eigenvalue weighted by molar-refractivity contribution is 0.0952. The minimum Gasteiger partial charge on any atom is -0.361 e. The fraction of sp³-hybridized carbons (Fsp3) is 0.308. The van der Waals surface area contributed by atoms with E-state index in [9.17, 15) is 4.79 Å². The molecular weight excluding hydrogens is 420 g/mol. The molecule has 6 heteroatoms. The highest BCUT2D eigenvalue weighted by molar-refractivity contribution is 6.35. The number of carbonyl (C=O) groups is 1. The number of halogens is 1. The van der Waals surface area contributed by atoms with Crippen LogP contribution in [0.15, 0.2) is 60.9 Å². The molecule has 1 aliphatic rings. The molecule has 32 heavy (non-hydrogen) atoms. The van der Waals surface area contributed by atoms with Crippen molar-refractivity contribution in [3.63, 3.8) is 0 Å². The number of H-pyrrole nitrogens is 1. The number of hydrogen-bond acceptors (Lipinski definition) is 3. The molecule has 2 N–H and O–H groups in total. The van der Waals surface area contributed by atoms with Gasteiger partial charge in [-0.2, -0.15) is 0 Å². The Morgan fingerprint density at radius 1 is 1.12 bits per heavy atom. The smallest absolute Gasteiger partial charge is 0.252 e. The number of aromatic amines is 1. The van der Waals surface area contributed by atoms with Crippen LogP contribution in [0.25, 0.3) is 21.8 Å². The Hall–Kier alpha value is -2.89. The summed E-state index contributed by atoms with van der Waals surface area (Å²) < 4.78 is 0. The average Bonchev–Trinajstić information content (AvgIpc) is 3.27. The molecule has 0 radical (unpaired) electrons. The number of aromatic nitrogens is 2. The summed E-state index contributed by atoms with van der Waals surface area (Å²) in [6, 6.07) is 15.6. The molecule has 1 saturated heterocycles. The molecule has 0 atom stereocenters. The molecule has 0 aliphatic carbocycles. The maximum absolute atomic E-state index is 12.7. The van der Waals surface area contributed by atoms with Gasteiger partial charge in [-0.1, -0.05) is 35.9 Å². The number of rotatable bonds is 6. The third-order valence-electron chi connectivity index (χ3n) is 6.54. The van der Waals surface area contributed by atoms with Gasteiger partial charge in [-0.15, -0.1) is 0 Å². The van der Waals surface area contributed by atoms with Gasteiger partial charge in [0.05, 0.1) is 16.1 Å².